The third kappa shape index (κ3) is 2.08. The van der Waals surface area contributed by atoms with E-state index >= 15 is 0 Å². The van der Waals surface area contributed by atoms with Gasteiger partial charge in [0.05, 0.1) is 6.04 Å². The maximum atomic E-state index is 8.91. The molecule has 0 amide bonds. The fourth-order valence-corrected chi connectivity index (χ4v) is 1.94. The van der Waals surface area contributed by atoms with Gasteiger partial charge in [0.2, 0.25) is 0 Å². The van der Waals surface area contributed by atoms with Crippen LogP contribution in [0.15, 0.2) is 11.1 Å². The van der Waals surface area contributed by atoms with Gasteiger partial charge in [0.1, 0.15) is 0 Å². The van der Waals surface area contributed by atoms with Crippen molar-refractivity contribution in [1.82, 2.24) is 5.48 Å². The van der Waals surface area contributed by atoms with Crippen LogP contribution < -0.4 is 5.48 Å². The molecule has 2 heteroatoms. The van der Waals surface area contributed by atoms with E-state index in [4.69, 9.17) is 5.21 Å². The van der Waals surface area contributed by atoms with E-state index in [2.05, 4.69) is 26.3 Å². The van der Waals surface area contributed by atoms with E-state index < -0.39 is 0 Å². The van der Waals surface area contributed by atoms with Crippen LogP contribution in [0.3, 0.4) is 0 Å². The zero-order valence-electron chi connectivity index (χ0n) is 8.22. The van der Waals surface area contributed by atoms with Crippen LogP contribution in [-0.2, 0) is 0 Å². The van der Waals surface area contributed by atoms with Gasteiger partial charge in [-0.25, -0.2) is 0 Å². The molecule has 1 fully saturated rings. The van der Waals surface area contributed by atoms with Crippen molar-refractivity contribution in [3.8, 4) is 0 Å². The number of hydrogen-bond donors (Lipinski definition) is 2. The first-order chi connectivity index (χ1) is 5.65. The molecule has 0 saturated heterocycles. The molecule has 70 valence electrons. The van der Waals surface area contributed by atoms with Crippen molar-refractivity contribution in [2.24, 2.45) is 5.92 Å². The van der Waals surface area contributed by atoms with Gasteiger partial charge in [0, 0.05) is 0 Å². The fraction of sp³-hybridized carbons (Fsp3) is 0.800. The number of rotatable bonds is 1. The minimum Gasteiger partial charge on any atom is -0.316 e. The second-order valence-electron chi connectivity index (χ2n) is 4.09. The molecule has 0 spiro atoms. The van der Waals surface area contributed by atoms with Crippen LogP contribution >= 0.6 is 0 Å². The van der Waals surface area contributed by atoms with E-state index in [0.717, 1.165) is 18.8 Å². The number of hydroxylamine groups is 1. The predicted octanol–water partition coefficient (Wildman–Crippen LogP) is 2.49. The van der Waals surface area contributed by atoms with Crippen molar-refractivity contribution in [2.45, 2.75) is 46.1 Å². The third-order valence-corrected chi connectivity index (χ3v) is 2.74. The highest BCUT2D eigenvalue weighted by molar-refractivity contribution is 5.18. The van der Waals surface area contributed by atoms with E-state index in [9.17, 15) is 0 Å². The van der Waals surface area contributed by atoms with Crippen molar-refractivity contribution < 1.29 is 5.21 Å². The minimum atomic E-state index is 0.214. The highest BCUT2D eigenvalue weighted by atomic mass is 16.5. The van der Waals surface area contributed by atoms with Crippen molar-refractivity contribution in [3.63, 3.8) is 0 Å². The van der Waals surface area contributed by atoms with Gasteiger partial charge in [0.25, 0.3) is 0 Å². The highest BCUT2D eigenvalue weighted by Crippen LogP contribution is 2.30. The predicted molar refractivity (Wildman–Crippen MR) is 50.1 cm³/mol. The highest BCUT2D eigenvalue weighted by Gasteiger charge is 2.22. The van der Waals surface area contributed by atoms with Crippen molar-refractivity contribution >= 4 is 0 Å². The van der Waals surface area contributed by atoms with Gasteiger partial charge >= 0.3 is 0 Å². The van der Waals surface area contributed by atoms with E-state index in [0.29, 0.717) is 0 Å². The van der Waals surface area contributed by atoms with Crippen LogP contribution in [-0.4, -0.2) is 11.2 Å². The van der Waals surface area contributed by atoms with E-state index in [-0.39, 0.29) is 6.04 Å². The third-order valence-electron chi connectivity index (χ3n) is 2.74. The van der Waals surface area contributed by atoms with Crippen LogP contribution in [0.4, 0.5) is 0 Å². The topological polar surface area (TPSA) is 32.3 Å². The zero-order chi connectivity index (χ0) is 9.14. The van der Waals surface area contributed by atoms with Gasteiger partial charge in [-0.2, -0.15) is 5.48 Å². The molecular formula is C10H19NO. The summed E-state index contributed by atoms with van der Waals surface area (Å²) in [6.07, 6.45) is 3.42. The van der Waals surface area contributed by atoms with Crippen molar-refractivity contribution in [2.75, 3.05) is 0 Å². The monoisotopic (exact) mass is 169 g/mol. The summed E-state index contributed by atoms with van der Waals surface area (Å²) in [5, 5.41) is 8.91. The second kappa shape index (κ2) is 4.06. The Morgan fingerprint density at radius 3 is 2.58 bits per heavy atom. The molecule has 12 heavy (non-hydrogen) atoms. The van der Waals surface area contributed by atoms with Crippen LogP contribution in [0, 0.1) is 5.92 Å². The Morgan fingerprint density at radius 2 is 2.08 bits per heavy atom. The van der Waals surface area contributed by atoms with Gasteiger partial charge in [-0.1, -0.05) is 18.1 Å². The molecule has 2 atom stereocenters. The maximum absolute atomic E-state index is 8.91. The van der Waals surface area contributed by atoms with Gasteiger partial charge in [-0.15, -0.1) is 0 Å². The first kappa shape index (κ1) is 9.75. The zero-order valence-corrected chi connectivity index (χ0v) is 8.22. The SMILES string of the molecule is CC(C)=C1CC(C)CC[C@H]1NO. The van der Waals surface area contributed by atoms with Crippen molar-refractivity contribution in [3.05, 3.63) is 11.1 Å². The Bertz CT molecular complexity index is 182. The van der Waals surface area contributed by atoms with Gasteiger partial charge < -0.3 is 5.21 Å². The Morgan fingerprint density at radius 1 is 1.42 bits per heavy atom. The molecule has 0 aliphatic heterocycles. The van der Waals surface area contributed by atoms with Crippen LogP contribution in [0.25, 0.3) is 0 Å². The van der Waals surface area contributed by atoms with E-state index in [1.807, 2.05) is 0 Å². The van der Waals surface area contributed by atoms with Gasteiger partial charge in [-0.05, 0) is 39.0 Å². The molecule has 2 N–H and O–H groups in total. The Labute approximate surface area is 74.6 Å². The summed E-state index contributed by atoms with van der Waals surface area (Å²) in [6, 6.07) is 0.214. The Balaban J connectivity index is 2.72. The smallest absolute Gasteiger partial charge is 0.0531 e. The summed E-state index contributed by atoms with van der Waals surface area (Å²) in [4.78, 5) is 0. The molecular weight excluding hydrogens is 150 g/mol. The Hall–Kier alpha value is -0.340. The largest absolute Gasteiger partial charge is 0.316 e. The lowest BCUT2D eigenvalue weighted by Gasteiger charge is -2.29. The van der Waals surface area contributed by atoms with Crippen LogP contribution in [0.1, 0.15) is 40.0 Å². The molecule has 1 saturated carbocycles. The summed E-state index contributed by atoms with van der Waals surface area (Å²) in [6.45, 7) is 6.52. The molecule has 1 aliphatic carbocycles. The molecule has 1 unspecified atom stereocenters. The summed E-state index contributed by atoms with van der Waals surface area (Å²) in [5.41, 5.74) is 5.15. The molecule has 1 aliphatic rings. The second-order valence-corrected chi connectivity index (χ2v) is 4.09. The van der Waals surface area contributed by atoms with Crippen molar-refractivity contribution in [1.29, 1.82) is 0 Å². The molecule has 0 radical (unpaired) electrons. The summed E-state index contributed by atoms with van der Waals surface area (Å²) in [5.74, 6) is 0.777. The van der Waals surface area contributed by atoms with Gasteiger partial charge in [0.15, 0.2) is 0 Å². The van der Waals surface area contributed by atoms with E-state index in [1.165, 1.54) is 17.6 Å². The molecule has 2 nitrogen and oxygen atoms in total. The normalized spacial score (nSPS) is 30.5. The lowest BCUT2D eigenvalue weighted by molar-refractivity contribution is 0.122. The molecule has 0 heterocycles. The quantitative estimate of drug-likeness (QED) is 0.467. The average Bonchev–Trinajstić information content (AvgIpc) is 2.04. The maximum Gasteiger partial charge on any atom is 0.0531 e. The number of hydrogen-bond acceptors (Lipinski definition) is 2. The first-order valence-electron chi connectivity index (χ1n) is 4.71. The number of allylic oxidation sites excluding steroid dienone is 1. The molecule has 0 bridgehead atoms. The molecule has 1 rings (SSSR count). The fourth-order valence-electron chi connectivity index (χ4n) is 1.94. The molecule has 0 aromatic rings. The standard InChI is InChI=1S/C10H19NO/c1-7(2)9-6-8(3)4-5-10(9)11-12/h8,10-12H,4-6H2,1-3H3/t8?,10-/m1/s1. The van der Waals surface area contributed by atoms with Gasteiger partial charge in [-0.3, -0.25) is 0 Å². The number of nitrogens with one attached hydrogen (secondary N) is 1. The average molecular weight is 169 g/mol. The summed E-state index contributed by atoms with van der Waals surface area (Å²) >= 11 is 0. The summed E-state index contributed by atoms with van der Waals surface area (Å²) in [7, 11) is 0. The lowest BCUT2D eigenvalue weighted by Crippen LogP contribution is -2.33. The Kier molecular flexibility index (Phi) is 3.29. The van der Waals surface area contributed by atoms with Crippen LogP contribution in [0.2, 0.25) is 0 Å². The summed E-state index contributed by atoms with van der Waals surface area (Å²) < 4.78 is 0. The lowest BCUT2D eigenvalue weighted by atomic mass is 9.81. The van der Waals surface area contributed by atoms with Crippen LogP contribution in [0.5, 0.6) is 0 Å². The molecule has 0 aromatic carbocycles. The first-order valence-corrected chi connectivity index (χ1v) is 4.71. The van der Waals surface area contributed by atoms with E-state index in [1.54, 1.807) is 0 Å². The minimum absolute atomic E-state index is 0.214. The molecule has 0 aromatic heterocycles.